The van der Waals surface area contributed by atoms with E-state index in [-0.39, 0.29) is 10.2 Å². The number of nitrogens with zero attached hydrogens (tertiary/aromatic N) is 1. The molecule has 4 heteroatoms. The molecule has 0 fully saturated rings. The summed E-state index contributed by atoms with van der Waals surface area (Å²) in [6, 6.07) is 18.0. The molecule has 0 aliphatic rings. The molecule has 0 heterocycles. The molecule has 0 saturated heterocycles. The van der Waals surface area contributed by atoms with Gasteiger partial charge in [-0.1, -0.05) is 51.1 Å². The van der Waals surface area contributed by atoms with Gasteiger partial charge in [0.05, 0.1) is 10.5 Å². The molecule has 2 aromatic rings. The Hall–Kier alpha value is -1.94. The molecular weight excluding hydrogens is 342 g/mol. The first-order valence-corrected chi connectivity index (χ1v) is 9.96. The molecule has 0 spiro atoms. The molecule has 3 nitrogen and oxygen atoms in total. The standard InChI is InChI=1S/C22H29NO2S/c1-21(2,3)20(23-26(24)22(4,5)6)18-12-14-19(15-13-18)25-16-17-10-8-7-9-11-17/h7-15H,16H2,1-6H3/t26-/m0/s1. The van der Waals surface area contributed by atoms with Crippen molar-refractivity contribution in [2.45, 2.75) is 52.9 Å². The molecule has 0 aromatic heterocycles. The van der Waals surface area contributed by atoms with Crippen LogP contribution in [0.3, 0.4) is 0 Å². The highest BCUT2D eigenvalue weighted by Crippen LogP contribution is 2.26. The molecule has 0 saturated carbocycles. The third-order valence-electron chi connectivity index (χ3n) is 3.78. The van der Waals surface area contributed by atoms with Crippen LogP contribution < -0.4 is 4.74 Å². The molecule has 26 heavy (non-hydrogen) atoms. The molecular formula is C22H29NO2S. The van der Waals surface area contributed by atoms with E-state index in [2.05, 4.69) is 25.2 Å². The highest BCUT2D eigenvalue weighted by atomic mass is 32.2. The van der Waals surface area contributed by atoms with Crippen molar-refractivity contribution in [1.82, 2.24) is 0 Å². The van der Waals surface area contributed by atoms with Crippen molar-refractivity contribution in [3.8, 4) is 5.75 Å². The molecule has 0 N–H and O–H groups in total. The maximum absolute atomic E-state index is 12.5. The van der Waals surface area contributed by atoms with Crippen LogP contribution in [0.4, 0.5) is 0 Å². The fourth-order valence-electron chi connectivity index (χ4n) is 2.29. The minimum Gasteiger partial charge on any atom is -0.489 e. The van der Waals surface area contributed by atoms with Crippen molar-refractivity contribution < 1.29 is 8.95 Å². The number of hydrogen-bond donors (Lipinski definition) is 0. The Morgan fingerprint density at radius 3 is 2.00 bits per heavy atom. The summed E-state index contributed by atoms with van der Waals surface area (Å²) in [5, 5.41) is 0. The van der Waals surface area contributed by atoms with E-state index in [1.54, 1.807) is 0 Å². The minimum atomic E-state index is -1.29. The van der Waals surface area contributed by atoms with Gasteiger partial charge in [-0.05, 0) is 56.2 Å². The lowest BCUT2D eigenvalue weighted by Gasteiger charge is -2.24. The number of ether oxygens (including phenoxy) is 1. The molecule has 2 rings (SSSR count). The second-order valence-electron chi connectivity index (χ2n) is 8.35. The lowest BCUT2D eigenvalue weighted by molar-refractivity contribution is 0.306. The zero-order valence-corrected chi connectivity index (χ0v) is 17.4. The number of rotatable bonds is 5. The fourth-order valence-corrected chi connectivity index (χ4v) is 3.11. The predicted molar refractivity (Wildman–Crippen MR) is 111 cm³/mol. The zero-order valence-electron chi connectivity index (χ0n) is 16.6. The highest BCUT2D eigenvalue weighted by molar-refractivity contribution is 7.85. The smallest absolute Gasteiger partial charge is 0.145 e. The van der Waals surface area contributed by atoms with Crippen molar-refractivity contribution in [1.29, 1.82) is 0 Å². The Morgan fingerprint density at radius 1 is 0.923 bits per heavy atom. The average Bonchev–Trinajstić information content (AvgIpc) is 2.57. The largest absolute Gasteiger partial charge is 0.489 e. The Balaban J connectivity index is 2.20. The first kappa shape index (κ1) is 20.4. The van der Waals surface area contributed by atoms with Crippen LogP contribution >= 0.6 is 0 Å². The molecule has 0 bridgehead atoms. The van der Waals surface area contributed by atoms with E-state index in [9.17, 15) is 4.21 Å². The van der Waals surface area contributed by atoms with Crippen LogP contribution in [-0.2, 0) is 17.6 Å². The van der Waals surface area contributed by atoms with Crippen LogP contribution in [0.15, 0.2) is 59.0 Å². The third-order valence-corrected chi connectivity index (χ3v) is 5.18. The maximum atomic E-state index is 12.5. The lowest BCUT2D eigenvalue weighted by Crippen LogP contribution is -2.26. The SMILES string of the molecule is CC(C)(C)C(=N[S@@](=O)C(C)(C)C)c1ccc(OCc2ccccc2)cc1. The van der Waals surface area contributed by atoms with Gasteiger partial charge in [-0.3, -0.25) is 0 Å². The number of hydrogen-bond acceptors (Lipinski definition) is 2. The van der Waals surface area contributed by atoms with Crippen LogP contribution in [0.5, 0.6) is 5.75 Å². The van der Waals surface area contributed by atoms with E-state index in [0.29, 0.717) is 6.61 Å². The van der Waals surface area contributed by atoms with Gasteiger partial charge >= 0.3 is 0 Å². The van der Waals surface area contributed by atoms with Crippen LogP contribution in [0, 0.1) is 5.41 Å². The summed E-state index contributed by atoms with van der Waals surface area (Å²) in [5.41, 5.74) is 2.75. The van der Waals surface area contributed by atoms with Crippen LogP contribution in [0.25, 0.3) is 0 Å². The van der Waals surface area contributed by atoms with Crippen LogP contribution in [0.2, 0.25) is 0 Å². The first-order valence-electron chi connectivity index (χ1n) is 8.86. The Morgan fingerprint density at radius 2 is 1.50 bits per heavy atom. The van der Waals surface area contributed by atoms with Gasteiger partial charge in [-0.25, -0.2) is 4.21 Å². The van der Waals surface area contributed by atoms with Gasteiger partial charge in [-0.15, -0.1) is 0 Å². The van der Waals surface area contributed by atoms with Crippen molar-refractivity contribution in [2.75, 3.05) is 0 Å². The molecule has 140 valence electrons. The summed E-state index contributed by atoms with van der Waals surface area (Å²) in [4.78, 5) is 0. The van der Waals surface area contributed by atoms with Crippen molar-refractivity contribution in [2.24, 2.45) is 9.81 Å². The van der Waals surface area contributed by atoms with Gasteiger partial charge in [0.25, 0.3) is 0 Å². The third kappa shape index (κ3) is 5.80. The summed E-state index contributed by atoms with van der Waals surface area (Å²) in [6.45, 7) is 12.6. The fraction of sp³-hybridized carbons (Fsp3) is 0.409. The molecule has 1 atom stereocenters. The molecule has 0 aliphatic heterocycles. The highest BCUT2D eigenvalue weighted by Gasteiger charge is 2.26. The quantitative estimate of drug-likeness (QED) is 0.645. The van der Waals surface area contributed by atoms with Gasteiger partial charge in [0.2, 0.25) is 0 Å². The van der Waals surface area contributed by atoms with E-state index in [1.807, 2.05) is 75.4 Å². The molecule has 0 aliphatic carbocycles. The molecule has 2 aromatic carbocycles. The van der Waals surface area contributed by atoms with E-state index in [0.717, 1.165) is 22.6 Å². The monoisotopic (exact) mass is 371 g/mol. The average molecular weight is 372 g/mol. The van der Waals surface area contributed by atoms with Gasteiger partial charge in [-0.2, -0.15) is 4.40 Å². The molecule has 0 amide bonds. The molecule has 0 unspecified atom stereocenters. The molecule has 0 radical (unpaired) electrons. The lowest BCUT2D eigenvalue weighted by atomic mass is 9.86. The van der Waals surface area contributed by atoms with Gasteiger partial charge in [0, 0.05) is 5.41 Å². The van der Waals surface area contributed by atoms with Crippen molar-refractivity contribution in [3.05, 3.63) is 65.7 Å². The summed E-state index contributed by atoms with van der Waals surface area (Å²) in [5.74, 6) is 0.808. The van der Waals surface area contributed by atoms with Crippen LogP contribution in [0.1, 0.15) is 52.7 Å². The normalized spacial score (nSPS) is 14.2. The second kappa shape index (κ2) is 8.17. The topological polar surface area (TPSA) is 38.7 Å². The maximum Gasteiger partial charge on any atom is 0.145 e. The Labute approximate surface area is 160 Å². The number of benzene rings is 2. The van der Waals surface area contributed by atoms with Gasteiger partial charge in [0.15, 0.2) is 0 Å². The van der Waals surface area contributed by atoms with Crippen molar-refractivity contribution >= 4 is 16.7 Å². The van der Waals surface area contributed by atoms with Crippen LogP contribution in [-0.4, -0.2) is 14.7 Å². The van der Waals surface area contributed by atoms with E-state index in [1.165, 1.54) is 0 Å². The van der Waals surface area contributed by atoms with E-state index >= 15 is 0 Å². The Bertz CT molecular complexity index is 767. The Kier molecular flexibility index (Phi) is 6.40. The zero-order chi connectivity index (χ0) is 19.4. The van der Waals surface area contributed by atoms with E-state index in [4.69, 9.17) is 4.74 Å². The summed E-state index contributed by atoms with van der Waals surface area (Å²) in [7, 11) is -1.29. The second-order valence-corrected chi connectivity index (χ2v) is 10.3. The van der Waals surface area contributed by atoms with E-state index < -0.39 is 11.0 Å². The minimum absolute atomic E-state index is 0.201. The van der Waals surface area contributed by atoms with Gasteiger partial charge < -0.3 is 4.74 Å². The summed E-state index contributed by atoms with van der Waals surface area (Å²) < 4.78 is 22.5. The predicted octanol–water partition coefficient (Wildman–Crippen LogP) is 5.56. The van der Waals surface area contributed by atoms with Gasteiger partial charge in [0.1, 0.15) is 23.3 Å². The summed E-state index contributed by atoms with van der Waals surface area (Å²) >= 11 is 0. The first-order chi connectivity index (χ1) is 12.1. The summed E-state index contributed by atoms with van der Waals surface area (Å²) in [6.07, 6.45) is 0. The van der Waals surface area contributed by atoms with Crippen molar-refractivity contribution in [3.63, 3.8) is 0 Å².